The molecule has 0 aliphatic carbocycles. The number of nitrogens with zero attached hydrogens (tertiary/aromatic N) is 3. The predicted octanol–water partition coefficient (Wildman–Crippen LogP) is 4.97. The van der Waals surface area contributed by atoms with Crippen molar-refractivity contribution in [1.82, 2.24) is 14.8 Å². The number of hydrogen-bond acceptors (Lipinski definition) is 4. The number of pyridine rings is 1. The molecule has 0 bridgehead atoms. The van der Waals surface area contributed by atoms with Crippen LogP contribution in [0, 0.1) is 20.8 Å². The number of rotatable bonds is 5. The third-order valence-corrected chi connectivity index (χ3v) is 5.35. The Kier molecular flexibility index (Phi) is 5.46. The van der Waals surface area contributed by atoms with Gasteiger partial charge in [-0.2, -0.15) is 10.1 Å². The van der Waals surface area contributed by atoms with E-state index >= 15 is 0 Å². The van der Waals surface area contributed by atoms with Crippen LogP contribution in [-0.2, 0) is 11.8 Å². The molecule has 1 atom stereocenters. The number of nitrogens with one attached hydrogen (secondary N) is 1. The minimum Gasteiger partial charge on any atom is -0.464 e. The zero-order chi connectivity index (χ0) is 22.1. The van der Waals surface area contributed by atoms with Crippen LogP contribution in [0.2, 0.25) is 0 Å². The molecule has 2 aromatic carbocycles. The van der Waals surface area contributed by atoms with Gasteiger partial charge >= 0.3 is 0 Å². The zero-order valence-corrected chi connectivity index (χ0v) is 18.4. The first-order chi connectivity index (χ1) is 14.8. The molecule has 0 saturated heterocycles. The Morgan fingerprint density at radius 3 is 2.55 bits per heavy atom. The van der Waals surface area contributed by atoms with E-state index in [0.717, 1.165) is 44.7 Å². The van der Waals surface area contributed by atoms with Crippen LogP contribution in [0.25, 0.3) is 22.2 Å². The van der Waals surface area contributed by atoms with Gasteiger partial charge in [-0.1, -0.05) is 42.5 Å². The lowest BCUT2D eigenvalue weighted by molar-refractivity contribution is -0.122. The number of hydrogen-bond donors (Lipinski definition) is 1. The van der Waals surface area contributed by atoms with Gasteiger partial charge < -0.3 is 10.1 Å². The van der Waals surface area contributed by atoms with Crippen LogP contribution >= 0.6 is 0 Å². The molecule has 1 N–H and O–H groups in total. The van der Waals surface area contributed by atoms with Gasteiger partial charge in [-0.05, 0) is 56.0 Å². The van der Waals surface area contributed by atoms with E-state index in [9.17, 15) is 4.79 Å². The van der Waals surface area contributed by atoms with Crippen LogP contribution < -0.4 is 10.1 Å². The third-order valence-electron chi connectivity index (χ3n) is 5.35. The number of benzene rings is 2. The van der Waals surface area contributed by atoms with Crippen molar-refractivity contribution in [2.45, 2.75) is 33.8 Å². The molecular formula is C25H26N4O2. The van der Waals surface area contributed by atoms with Gasteiger partial charge in [0.25, 0.3) is 5.91 Å². The SMILES string of the molecule is Cc1ccc(C)c(NC(=O)[C@@H](C)Oc2cc(-c3ccccc3)c3c(C)nn(C)c3n2)c1. The van der Waals surface area contributed by atoms with Crippen molar-refractivity contribution in [2.75, 3.05) is 5.32 Å². The van der Waals surface area contributed by atoms with E-state index < -0.39 is 6.10 Å². The van der Waals surface area contributed by atoms with E-state index in [0.29, 0.717) is 5.88 Å². The van der Waals surface area contributed by atoms with Crippen molar-refractivity contribution in [2.24, 2.45) is 7.05 Å². The largest absolute Gasteiger partial charge is 0.464 e. The number of amides is 1. The van der Waals surface area contributed by atoms with Crippen LogP contribution in [0.1, 0.15) is 23.7 Å². The van der Waals surface area contributed by atoms with Crippen LogP contribution in [0.3, 0.4) is 0 Å². The number of aromatic nitrogens is 3. The maximum absolute atomic E-state index is 12.8. The third kappa shape index (κ3) is 4.14. The van der Waals surface area contributed by atoms with E-state index in [-0.39, 0.29) is 5.91 Å². The molecule has 6 heteroatoms. The van der Waals surface area contributed by atoms with Gasteiger partial charge in [-0.25, -0.2) is 0 Å². The van der Waals surface area contributed by atoms with Gasteiger partial charge in [0, 0.05) is 18.8 Å². The molecule has 0 aliphatic heterocycles. The summed E-state index contributed by atoms with van der Waals surface area (Å²) < 4.78 is 7.73. The minimum atomic E-state index is -0.720. The molecule has 0 spiro atoms. The Morgan fingerprint density at radius 1 is 1.06 bits per heavy atom. The number of carbonyl (C=O) groups excluding carboxylic acids is 1. The molecule has 158 valence electrons. The monoisotopic (exact) mass is 414 g/mol. The molecule has 0 saturated carbocycles. The van der Waals surface area contributed by atoms with Gasteiger partial charge in [-0.3, -0.25) is 9.48 Å². The van der Waals surface area contributed by atoms with E-state index in [4.69, 9.17) is 4.74 Å². The van der Waals surface area contributed by atoms with E-state index in [1.165, 1.54) is 0 Å². The maximum Gasteiger partial charge on any atom is 0.265 e. The van der Waals surface area contributed by atoms with Gasteiger partial charge in [0.2, 0.25) is 5.88 Å². The lowest BCUT2D eigenvalue weighted by Crippen LogP contribution is -2.30. The van der Waals surface area contributed by atoms with Gasteiger partial charge in [-0.15, -0.1) is 0 Å². The number of ether oxygens (including phenoxy) is 1. The van der Waals surface area contributed by atoms with Crippen molar-refractivity contribution in [1.29, 1.82) is 0 Å². The molecule has 31 heavy (non-hydrogen) atoms. The van der Waals surface area contributed by atoms with Crippen molar-refractivity contribution in [3.8, 4) is 17.0 Å². The van der Waals surface area contributed by atoms with Crippen LogP contribution in [-0.4, -0.2) is 26.8 Å². The quantitative estimate of drug-likeness (QED) is 0.501. The molecular weight excluding hydrogens is 388 g/mol. The molecule has 1 amide bonds. The van der Waals surface area contributed by atoms with E-state index in [1.54, 1.807) is 11.6 Å². The summed E-state index contributed by atoms with van der Waals surface area (Å²) in [5, 5.41) is 8.47. The summed E-state index contributed by atoms with van der Waals surface area (Å²) in [5.41, 5.74) is 6.52. The van der Waals surface area contributed by atoms with Crippen molar-refractivity contribution >= 4 is 22.6 Å². The fraction of sp³-hybridized carbons (Fsp3) is 0.240. The number of aryl methyl sites for hydroxylation is 4. The van der Waals surface area contributed by atoms with E-state index in [1.807, 2.05) is 82.4 Å². The summed E-state index contributed by atoms with van der Waals surface area (Å²) in [6.45, 7) is 7.66. The molecule has 4 aromatic rings. The topological polar surface area (TPSA) is 69.0 Å². The molecule has 6 nitrogen and oxygen atoms in total. The second-order valence-electron chi connectivity index (χ2n) is 7.85. The first-order valence-corrected chi connectivity index (χ1v) is 10.3. The van der Waals surface area contributed by atoms with Gasteiger partial charge in [0.05, 0.1) is 11.1 Å². The summed E-state index contributed by atoms with van der Waals surface area (Å²) >= 11 is 0. The first kappa shape index (κ1) is 20.6. The van der Waals surface area contributed by atoms with Gasteiger partial charge in [0.15, 0.2) is 11.8 Å². The average molecular weight is 415 g/mol. The lowest BCUT2D eigenvalue weighted by Gasteiger charge is -2.16. The molecule has 4 rings (SSSR count). The predicted molar refractivity (Wildman–Crippen MR) is 123 cm³/mol. The summed E-state index contributed by atoms with van der Waals surface area (Å²) in [6.07, 6.45) is -0.720. The Hall–Kier alpha value is -3.67. The number of anilines is 1. The zero-order valence-electron chi connectivity index (χ0n) is 18.4. The normalized spacial score (nSPS) is 12.0. The Balaban J connectivity index is 1.66. The van der Waals surface area contributed by atoms with Crippen molar-refractivity contribution in [3.05, 3.63) is 71.4 Å². The fourth-order valence-corrected chi connectivity index (χ4v) is 3.67. The molecule has 2 heterocycles. The smallest absolute Gasteiger partial charge is 0.265 e. The standard InChI is InChI=1S/C25H26N4O2/c1-15-11-12-16(2)21(13-15)26-25(30)18(4)31-22-14-20(19-9-7-6-8-10-19)23-17(3)28-29(5)24(23)27-22/h6-14,18H,1-5H3,(H,26,30)/t18-/m1/s1. The second-order valence-corrected chi connectivity index (χ2v) is 7.85. The maximum atomic E-state index is 12.8. The summed E-state index contributed by atoms with van der Waals surface area (Å²) in [6, 6.07) is 17.9. The van der Waals surface area contributed by atoms with E-state index in [2.05, 4.69) is 15.4 Å². The minimum absolute atomic E-state index is 0.224. The molecule has 0 radical (unpaired) electrons. The average Bonchev–Trinajstić information content (AvgIpc) is 3.04. The van der Waals surface area contributed by atoms with Crippen LogP contribution in [0.5, 0.6) is 5.88 Å². The summed E-state index contributed by atoms with van der Waals surface area (Å²) in [7, 11) is 1.86. The second kappa shape index (κ2) is 8.22. The highest BCUT2D eigenvalue weighted by molar-refractivity contribution is 5.96. The van der Waals surface area contributed by atoms with Gasteiger partial charge in [0.1, 0.15) is 0 Å². The molecule has 0 fully saturated rings. The highest BCUT2D eigenvalue weighted by Crippen LogP contribution is 2.33. The Morgan fingerprint density at radius 2 is 1.81 bits per heavy atom. The first-order valence-electron chi connectivity index (χ1n) is 10.3. The van der Waals surface area contributed by atoms with Crippen molar-refractivity contribution < 1.29 is 9.53 Å². The number of fused-ring (bicyclic) bond motifs is 1. The highest BCUT2D eigenvalue weighted by atomic mass is 16.5. The lowest BCUT2D eigenvalue weighted by atomic mass is 10.0. The number of carbonyl (C=O) groups is 1. The Labute approximate surface area is 181 Å². The van der Waals surface area contributed by atoms with Crippen LogP contribution in [0.4, 0.5) is 5.69 Å². The van der Waals surface area contributed by atoms with Crippen LogP contribution in [0.15, 0.2) is 54.6 Å². The Bertz CT molecular complexity index is 1260. The molecule has 0 aliphatic rings. The van der Waals surface area contributed by atoms with Crippen molar-refractivity contribution in [3.63, 3.8) is 0 Å². The molecule has 2 aromatic heterocycles. The highest BCUT2D eigenvalue weighted by Gasteiger charge is 2.20. The summed E-state index contributed by atoms with van der Waals surface area (Å²) in [4.78, 5) is 17.4. The molecule has 0 unspecified atom stereocenters. The summed E-state index contributed by atoms with van der Waals surface area (Å²) in [5.74, 6) is 0.163. The fourth-order valence-electron chi connectivity index (χ4n) is 3.67.